The van der Waals surface area contributed by atoms with E-state index in [1.54, 1.807) is 13.8 Å². The molecule has 1 heterocycles. The number of nitrogens with zero attached hydrogens (tertiary/aromatic N) is 1. The summed E-state index contributed by atoms with van der Waals surface area (Å²) in [5, 5.41) is 16.7. The fourth-order valence-corrected chi connectivity index (χ4v) is 2.47. The zero-order valence-electron chi connectivity index (χ0n) is 13.0. The molecule has 0 aliphatic carbocycles. The van der Waals surface area contributed by atoms with Crippen LogP contribution in [0, 0.1) is 13.8 Å². The highest BCUT2D eigenvalue weighted by Gasteiger charge is 2.36. The average Bonchev–Trinajstić information content (AvgIpc) is 2.58. The van der Waals surface area contributed by atoms with Crippen molar-refractivity contribution in [2.45, 2.75) is 58.4 Å². The van der Waals surface area contributed by atoms with Gasteiger partial charge in [-0.05, 0) is 41.5 Å². The lowest BCUT2D eigenvalue weighted by Gasteiger charge is -2.37. The predicted molar refractivity (Wildman–Crippen MR) is 80.7 cm³/mol. The molecule has 2 N–H and O–H groups in total. The number of carbonyl (C=O) groups excluding carboxylic acids is 1. The number of nitrogens with one attached hydrogen (secondary N) is 1. The van der Waals surface area contributed by atoms with Crippen LogP contribution in [0.5, 0.6) is 0 Å². The Morgan fingerprint density at radius 2 is 1.95 bits per heavy atom. The number of aromatic nitrogens is 1. The van der Waals surface area contributed by atoms with Gasteiger partial charge in [-0.15, -0.1) is 11.8 Å². The number of aryl methyl sites for hydroxylation is 2. The molecule has 1 aromatic rings. The summed E-state index contributed by atoms with van der Waals surface area (Å²) in [6, 6.07) is 0. The Balaban J connectivity index is 2.45. The van der Waals surface area contributed by atoms with E-state index in [0.717, 1.165) is 17.0 Å². The topological polar surface area (TPSA) is 75.4 Å². The van der Waals surface area contributed by atoms with Crippen LogP contribution in [0.25, 0.3) is 0 Å². The van der Waals surface area contributed by atoms with Crippen LogP contribution in [0.3, 0.4) is 0 Å². The van der Waals surface area contributed by atoms with Crippen LogP contribution in [-0.2, 0) is 10.5 Å². The highest BCUT2D eigenvalue weighted by atomic mass is 32.2. The van der Waals surface area contributed by atoms with Crippen LogP contribution in [0.4, 0.5) is 0 Å². The molecule has 20 heavy (non-hydrogen) atoms. The molecule has 0 unspecified atom stereocenters. The van der Waals surface area contributed by atoms with Crippen molar-refractivity contribution in [1.29, 1.82) is 0 Å². The molecule has 0 saturated carbocycles. The Labute approximate surface area is 124 Å². The summed E-state index contributed by atoms with van der Waals surface area (Å²) >= 11 is 1.51. The second-order valence-corrected chi connectivity index (χ2v) is 7.01. The van der Waals surface area contributed by atoms with Crippen LogP contribution in [0.15, 0.2) is 4.52 Å². The fraction of sp³-hybridized carbons (Fsp3) is 0.714. The lowest BCUT2D eigenvalue weighted by molar-refractivity contribution is -0.123. The Kier molecular flexibility index (Phi) is 5.27. The highest BCUT2D eigenvalue weighted by molar-refractivity contribution is 7.99. The molecule has 0 radical (unpaired) electrons. The zero-order valence-corrected chi connectivity index (χ0v) is 13.8. The highest BCUT2D eigenvalue weighted by Crippen LogP contribution is 2.22. The van der Waals surface area contributed by atoms with Crippen molar-refractivity contribution in [2.24, 2.45) is 0 Å². The lowest BCUT2D eigenvalue weighted by atomic mass is 9.86. The Bertz CT molecular complexity index is 456. The second kappa shape index (κ2) is 6.18. The van der Waals surface area contributed by atoms with Crippen molar-refractivity contribution >= 4 is 17.7 Å². The summed E-state index contributed by atoms with van der Waals surface area (Å²) in [6.45, 7) is 10.7. The first-order valence-electron chi connectivity index (χ1n) is 6.57. The maximum Gasteiger partial charge on any atom is 0.230 e. The van der Waals surface area contributed by atoms with Gasteiger partial charge in [-0.1, -0.05) is 5.16 Å². The number of thioether (sulfide) groups is 1. The number of aliphatic hydroxyl groups is 1. The third-order valence-electron chi connectivity index (χ3n) is 3.64. The summed E-state index contributed by atoms with van der Waals surface area (Å²) in [7, 11) is 0. The molecule has 0 aromatic carbocycles. The molecule has 0 saturated heterocycles. The van der Waals surface area contributed by atoms with E-state index in [2.05, 4.69) is 10.5 Å². The summed E-state index contributed by atoms with van der Waals surface area (Å²) < 4.78 is 5.08. The quantitative estimate of drug-likeness (QED) is 0.842. The molecule has 5 nitrogen and oxygen atoms in total. The number of carbonyl (C=O) groups is 1. The Hall–Kier alpha value is -1.01. The maximum atomic E-state index is 11.9. The van der Waals surface area contributed by atoms with Crippen LogP contribution in [-0.4, -0.2) is 33.1 Å². The van der Waals surface area contributed by atoms with E-state index in [-0.39, 0.29) is 5.91 Å². The third kappa shape index (κ3) is 4.24. The molecule has 1 amide bonds. The van der Waals surface area contributed by atoms with Gasteiger partial charge in [0.15, 0.2) is 0 Å². The SMILES string of the molecule is Cc1noc(C)c1CSCC(=O)NC(C)(C)C(C)(C)O. The molecule has 0 bridgehead atoms. The standard InChI is InChI=1S/C14H24N2O3S/c1-9-11(10(2)19-16-9)7-20-8-12(17)15-13(3,4)14(5,6)18/h18H,7-8H2,1-6H3,(H,15,17). The van der Waals surface area contributed by atoms with Gasteiger partial charge in [-0.2, -0.15) is 0 Å². The molecule has 6 heteroatoms. The van der Waals surface area contributed by atoms with E-state index in [1.165, 1.54) is 11.8 Å². The zero-order chi connectivity index (χ0) is 15.6. The summed E-state index contributed by atoms with van der Waals surface area (Å²) in [6.07, 6.45) is 0. The van der Waals surface area contributed by atoms with Gasteiger partial charge in [0.2, 0.25) is 5.91 Å². The van der Waals surface area contributed by atoms with E-state index in [1.807, 2.05) is 27.7 Å². The minimum Gasteiger partial charge on any atom is -0.388 e. The smallest absolute Gasteiger partial charge is 0.230 e. The predicted octanol–water partition coefficient (Wildman–Crippen LogP) is 2.19. The normalized spacial score (nSPS) is 12.6. The number of hydrogen-bond acceptors (Lipinski definition) is 5. The van der Waals surface area contributed by atoms with Gasteiger partial charge in [-0.25, -0.2) is 0 Å². The van der Waals surface area contributed by atoms with Crippen LogP contribution in [0.1, 0.15) is 44.7 Å². The molecule has 0 aliphatic rings. The lowest BCUT2D eigenvalue weighted by Crippen LogP contribution is -2.58. The van der Waals surface area contributed by atoms with Crippen molar-refractivity contribution < 1.29 is 14.4 Å². The van der Waals surface area contributed by atoms with Crippen molar-refractivity contribution in [1.82, 2.24) is 10.5 Å². The summed E-state index contributed by atoms with van der Waals surface area (Å²) in [5.74, 6) is 1.74. The van der Waals surface area contributed by atoms with Gasteiger partial charge in [0.1, 0.15) is 5.76 Å². The van der Waals surface area contributed by atoms with E-state index < -0.39 is 11.1 Å². The van der Waals surface area contributed by atoms with E-state index in [9.17, 15) is 9.90 Å². The Morgan fingerprint density at radius 3 is 2.40 bits per heavy atom. The molecule has 0 spiro atoms. The first-order chi connectivity index (χ1) is 9.04. The van der Waals surface area contributed by atoms with Crippen LogP contribution in [0.2, 0.25) is 0 Å². The number of hydrogen-bond donors (Lipinski definition) is 2. The fourth-order valence-electron chi connectivity index (χ4n) is 1.49. The van der Waals surface area contributed by atoms with Gasteiger partial charge in [0.25, 0.3) is 0 Å². The van der Waals surface area contributed by atoms with Gasteiger partial charge >= 0.3 is 0 Å². The van der Waals surface area contributed by atoms with Crippen molar-refractivity contribution in [3.63, 3.8) is 0 Å². The first kappa shape index (κ1) is 17.0. The summed E-state index contributed by atoms with van der Waals surface area (Å²) in [5.41, 5.74) is 0.264. The van der Waals surface area contributed by atoms with Crippen LogP contribution >= 0.6 is 11.8 Å². The Morgan fingerprint density at radius 1 is 1.35 bits per heavy atom. The van der Waals surface area contributed by atoms with Gasteiger partial charge in [0, 0.05) is 11.3 Å². The molecule has 0 fully saturated rings. The molecular weight excluding hydrogens is 276 g/mol. The second-order valence-electron chi connectivity index (χ2n) is 6.03. The van der Waals surface area contributed by atoms with Crippen molar-refractivity contribution in [3.05, 3.63) is 17.0 Å². The number of amides is 1. The first-order valence-corrected chi connectivity index (χ1v) is 7.73. The minimum absolute atomic E-state index is 0.0890. The van der Waals surface area contributed by atoms with Gasteiger partial charge in [-0.3, -0.25) is 4.79 Å². The van der Waals surface area contributed by atoms with Crippen molar-refractivity contribution in [2.75, 3.05) is 5.75 Å². The molecular formula is C14H24N2O3S. The minimum atomic E-state index is -0.977. The maximum absolute atomic E-state index is 11.9. The largest absolute Gasteiger partial charge is 0.388 e. The van der Waals surface area contributed by atoms with Gasteiger partial charge in [0.05, 0.1) is 22.6 Å². The molecule has 1 aromatic heterocycles. The molecule has 114 valence electrons. The third-order valence-corrected chi connectivity index (χ3v) is 4.60. The van der Waals surface area contributed by atoms with Crippen LogP contribution < -0.4 is 5.32 Å². The summed E-state index contributed by atoms with van der Waals surface area (Å²) in [4.78, 5) is 11.9. The van der Waals surface area contributed by atoms with Crippen molar-refractivity contribution in [3.8, 4) is 0 Å². The molecule has 0 atom stereocenters. The monoisotopic (exact) mass is 300 g/mol. The average molecular weight is 300 g/mol. The number of rotatable bonds is 6. The molecule has 0 aliphatic heterocycles. The van der Waals surface area contributed by atoms with E-state index in [4.69, 9.17) is 4.52 Å². The molecule has 1 rings (SSSR count). The van der Waals surface area contributed by atoms with E-state index in [0.29, 0.717) is 11.5 Å². The van der Waals surface area contributed by atoms with Gasteiger partial charge < -0.3 is 14.9 Å². The van der Waals surface area contributed by atoms with E-state index >= 15 is 0 Å².